The van der Waals surface area contributed by atoms with Crippen LogP contribution in [0.1, 0.15) is 17.5 Å². The van der Waals surface area contributed by atoms with Gasteiger partial charge in [0.25, 0.3) is 5.56 Å². The molecule has 1 aliphatic heterocycles. The van der Waals surface area contributed by atoms with E-state index >= 15 is 0 Å². The van der Waals surface area contributed by atoms with E-state index < -0.39 is 0 Å². The molecule has 2 aromatic heterocycles. The Bertz CT molecular complexity index is 1440. The second-order valence-electron chi connectivity index (χ2n) is 8.82. The van der Waals surface area contributed by atoms with Gasteiger partial charge in [-0.05, 0) is 24.1 Å². The summed E-state index contributed by atoms with van der Waals surface area (Å²) in [5, 5.41) is 3.42. The normalized spacial score (nSPS) is 14.6. The SMILES string of the molecule is Cn1c(=O)n(CC=Cc2ccccc2)c(=O)c2c1nc(N1CCCNCC1)n2Cc1ccccc1. The lowest BCUT2D eigenvalue weighted by molar-refractivity contribution is 0.663. The van der Waals surface area contributed by atoms with Crippen LogP contribution in [0.25, 0.3) is 17.2 Å². The van der Waals surface area contributed by atoms with Crippen molar-refractivity contribution in [3.05, 3.63) is 98.7 Å². The van der Waals surface area contributed by atoms with Crippen molar-refractivity contribution >= 4 is 23.2 Å². The number of fused-ring (bicyclic) bond motifs is 1. The number of allylic oxidation sites excluding steroid dienone is 1. The Labute approximate surface area is 203 Å². The molecule has 0 saturated carbocycles. The lowest BCUT2D eigenvalue weighted by atomic mass is 10.2. The smallest absolute Gasteiger partial charge is 0.332 e. The van der Waals surface area contributed by atoms with Gasteiger partial charge >= 0.3 is 5.69 Å². The molecule has 1 N–H and O–H groups in total. The zero-order valence-corrected chi connectivity index (χ0v) is 19.9. The van der Waals surface area contributed by atoms with Crippen LogP contribution in [0.3, 0.4) is 0 Å². The van der Waals surface area contributed by atoms with Gasteiger partial charge in [0.1, 0.15) is 0 Å². The molecule has 0 aliphatic carbocycles. The van der Waals surface area contributed by atoms with E-state index in [1.807, 2.05) is 77.4 Å². The van der Waals surface area contributed by atoms with Crippen molar-refractivity contribution in [3.8, 4) is 0 Å². The summed E-state index contributed by atoms with van der Waals surface area (Å²) in [6.07, 6.45) is 4.76. The number of anilines is 1. The molecule has 1 saturated heterocycles. The minimum atomic E-state index is -0.367. The molecule has 0 radical (unpaired) electrons. The minimum absolute atomic E-state index is 0.190. The van der Waals surface area contributed by atoms with Crippen LogP contribution in [0.4, 0.5) is 5.95 Å². The first-order valence-electron chi connectivity index (χ1n) is 12.0. The molecular weight excluding hydrogens is 440 g/mol. The fraction of sp³-hybridized carbons (Fsp3) is 0.296. The predicted molar refractivity (Wildman–Crippen MR) is 140 cm³/mol. The van der Waals surface area contributed by atoms with E-state index in [1.54, 1.807) is 7.05 Å². The molecule has 180 valence electrons. The number of rotatable bonds is 6. The first-order valence-corrected chi connectivity index (χ1v) is 12.0. The average Bonchev–Trinajstić information content (AvgIpc) is 3.05. The highest BCUT2D eigenvalue weighted by Gasteiger charge is 2.24. The molecule has 0 unspecified atom stereocenters. The van der Waals surface area contributed by atoms with E-state index in [0.29, 0.717) is 17.7 Å². The van der Waals surface area contributed by atoms with Gasteiger partial charge in [-0.25, -0.2) is 4.79 Å². The van der Waals surface area contributed by atoms with E-state index in [-0.39, 0.29) is 17.8 Å². The van der Waals surface area contributed by atoms with Gasteiger partial charge in [0.05, 0.1) is 6.54 Å². The van der Waals surface area contributed by atoms with Gasteiger partial charge in [0, 0.05) is 33.2 Å². The Morgan fingerprint density at radius 1 is 0.943 bits per heavy atom. The molecule has 0 amide bonds. The van der Waals surface area contributed by atoms with E-state index in [2.05, 4.69) is 10.2 Å². The second-order valence-corrected chi connectivity index (χ2v) is 8.82. The van der Waals surface area contributed by atoms with Crippen molar-refractivity contribution in [1.82, 2.24) is 24.0 Å². The number of nitrogens with one attached hydrogen (secondary N) is 1. The van der Waals surface area contributed by atoms with Crippen molar-refractivity contribution < 1.29 is 0 Å². The molecule has 8 heteroatoms. The molecule has 4 aromatic rings. The van der Waals surface area contributed by atoms with Gasteiger partial charge in [0.2, 0.25) is 5.95 Å². The summed E-state index contributed by atoms with van der Waals surface area (Å²) in [6, 6.07) is 19.9. The van der Waals surface area contributed by atoms with Crippen LogP contribution in [0.15, 0.2) is 76.3 Å². The third-order valence-electron chi connectivity index (χ3n) is 6.42. The van der Waals surface area contributed by atoms with Crippen LogP contribution >= 0.6 is 0 Å². The van der Waals surface area contributed by atoms with Gasteiger partial charge in [0.15, 0.2) is 11.2 Å². The summed E-state index contributed by atoms with van der Waals surface area (Å²) < 4.78 is 4.77. The molecule has 2 aromatic carbocycles. The Morgan fingerprint density at radius 3 is 2.46 bits per heavy atom. The topological polar surface area (TPSA) is 77.1 Å². The number of aryl methyl sites for hydroxylation is 1. The third-order valence-corrected chi connectivity index (χ3v) is 6.42. The molecule has 1 aliphatic rings. The van der Waals surface area contributed by atoms with Crippen molar-refractivity contribution in [3.63, 3.8) is 0 Å². The van der Waals surface area contributed by atoms with Gasteiger partial charge in [-0.1, -0.05) is 72.8 Å². The van der Waals surface area contributed by atoms with Gasteiger partial charge in [-0.2, -0.15) is 4.98 Å². The minimum Gasteiger partial charge on any atom is -0.341 e. The maximum atomic E-state index is 13.7. The molecule has 3 heterocycles. The van der Waals surface area contributed by atoms with E-state index in [1.165, 1.54) is 9.13 Å². The van der Waals surface area contributed by atoms with Gasteiger partial charge in [-0.15, -0.1) is 0 Å². The maximum absolute atomic E-state index is 13.7. The Balaban J connectivity index is 1.64. The highest BCUT2D eigenvalue weighted by molar-refractivity contribution is 5.75. The fourth-order valence-corrected chi connectivity index (χ4v) is 4.58. The molecule has 1 fully saturated rings. The van der Waals surface area contributed by atoms with Gasteiger partial charge < -0.3 is 10.2 Å². The molecule has 0 atom stereocenters. The molecule has 0 spiro atoms. The maximum Gasteiger partial charge on any atom is 0.332 e. The summed E-state index contributed by atoms with van der Waals surface area (Å²) in [6.45, 7) is 4.13. The highest BCUT2D eigenvalue weighted by atomic mass is 16.2. The fourth-order valence-electron chi connectivity index (χ4n) is 4.58. The average molecular weight is 471 g/mol. The van der Waals surface area contributed by atoms with Crippen molar-refractivity contribution in [2.75, 3.05) is 31.1 Å². The Morgan fingerprint density at radius 2 is 1.69 bits per heavy atom. The lowest BCUT2D eigenvalue weighted by Crippen LogP contribution is -2.39. The summed E-state index contributed by atoms with van der Waals surface area (Å²) in [5.41, 5.74) is 2.29. The first-order chi connectivity index (χ1) is 17.1. The number of nitrogens with zero attached hydrogens (tertiary/aromatic N) is 5. The van der Waals surface area contributed by atoms with Crippen LogP contribution in [-0.4, -0.2) is 44.9 Å². The zero-order valence-electron chi connectivity index (χ0n) is 19.9. The highest BCUT2D eigenvalue weighted by Crippen LogP contribution is 2.22. The molecule has 5 rings (SSSR count). The third kappa shape index (κ3) is 4.70. The summed E-state index contributed by atoms with van der Waals surface area (Å²) in [4.78, 5) is 34.0. The molecular formula is C27H30N6O2. The van der Waals surface area contributed by atoms with Gasteiger partial charge in [-0.3, -0.25) is 18.5 Å². The number of hydrogen-bond acceptors (Lipinski definition) is 5. The van der Waals surface area contributed by atoms with E-state index in [9.17, 15) is 9.59 Å². The van der Waals surface area contributed by atoms with Crippen LogP contribution in [0.5, 0.6) is 0 Å². The number of hydrogen-bond donors (Lipinski definition) is 1. The number of aromatic nitrogens is 4. The lowest BCUT2D eigenvalue weighted by Gasteiger charge is -2.22. The summed E-state index contributed by atoms with van der Waals surface area (Å²) >= 11 is 0. The van der Waals surface area contributed by atoms with Crippen LogP contribution in [0.2, 0.25) is 0 Å². The van der Waals surface area contributed by atoms with Crippen LogP contribution in [-0.2, 0) is 20.1 Å². The monoisotopic (exact) mass is 470 g/mol. The molecule has 0 bridgehead atoms. The van der Waals surface area contributed by atoms with Crippen LogP contribution < -0.4 is 21.5 Å². The predicted octanol–water partition coefficient (Wildman–Crippen LogP) is 2.46. The van der Waals surface area contributed by atoms with Crippen molar-refractivity contribution in [1.29, 1.82) is 0 Å². The quantitative estimate of drug-likeness (QED) is 0.469. The summed E-state index contributed by atoms with van der Waals surface area (Å²) in [7, 11) is 1.69. The standard InChI is InChI=1S/C27H30N6O2/c1-30-24-23(25(34)32(27(30)35)18-8-14-21-10-4-2-5-11-21)33(20-22-12-6-3-7-13-22)26(29-24)31-17-9-15-28-16-19-31/h2-8,10-14,28H,9,15-20H2,1H3. The number of benzene rings is 2. The first kappa shape index (κ1) is 22.9. The molecule has 8 nitrogen and oxygen atoms in total. The zero-order chi connectivity index (χ0) is 24.2. The second kappa shape index (κ2) is 10.1. The Kier molecular flexibility index (Phi) is 6.63. The van der Waals surface area contributed by atoms with E-state index in [4.69, 9.17) is 4.98 Å². The largest absolute Gasteiger partial charge is 0.341 e. The van der Waals surface area contributed by atoms with Crippen molar-refractivity contribution in [2.45, 2.75) is 19.5 Å². The van der Waals surface area contributed by atoms with Crippen molar-refractivity contribution in [2.24, 2.45) is 7.05 Å². The number of imidazole rings is 1. The van der Waals surface area contributed by atoms with E-state index in [0.717, 1.165) is 49.7 Å². The Hall–Kier alpha value is -3.91. The molecule has 35 heavy (non-hydrogen) atoms. The summed E-state index contributed by atoms with van der Waals surface area (Å²) in [5.74, 6) is 0.734. The van der Waals surface area contributed by atoms with Crippen LogP contribution in [0, 0.1) is 0 Å².